The highest BCUT2D eigenvalue weighted by atomic mass is 14.5. The summed E-state index contributed by atoms with van der Waals surface area (Å²) in [6.45, 7) is 0.554. The van der Waals surface area contributed by atoms with Crippen LogP contribution < -0.4 is 11.5 Å². The fourth-order valence-corrected chi connectivity index (χ4v) is 0.370. The lowest BCUT2D eigenvalue weighted by atomic mass is 10.2. The first-order chi connectivity index (χ1) is 3.85. The van der Waals surface area contributed by atoms with Gasteiger partial charge < -0.3 is 16.9 Å². The van der Waals surface area contributed by atoms with Crippen molar-refractivity contribution in [3.63, 3.8) is 0 Å². The van der Waals surface area contributed by atoms with Crippen molar-refractivity contribution < 1.29 is 0 Å². The van der Waals surface area contributed by atoms with E-state index in [1.165, 1.54) is 12.4 Å². The van der Waals surface area contributed by atoms with Crippen molar-refractivity contribution in [2.24, 2.45) is 11.5 Å². The summed E-state index contributed by atoms with van der Waals surface area (Å²) in [6, 6.07) is 0. The molecule has 0 aliphatic heterocycles. The summed E-state index contributed by atoms with van der Waals surface area (Å²) in [5.41, 5.74) is 11.1. The highest BCUT2D eigenvalue weighted by Crippen LogP contribution is 1.89. The van der Waals surface area contributed by atoms with Crippen molar-refractivity contribution in [1.82, 2.24) is 0 Å². The minimum atomic E-state index is 0.554. The monoisotopic (exact) mass is 113 g/mol. The quantitative estimate of drug-likeness (QED) is 0.444. The van der Waals surface area contributed by atoms with Gasteiger partial charge in [0, 0.05) is 6.21 Å². The molecule has 0 heterocycles. The van der Waals surface area contributed by atoms with Crippen molar-refractivity contribution >= 4 is 6.21 Å². The van der Waals surface area contributed by atoms with Gasteiger partial charge in [-0.1, -0.05) is 0 Å². The van der Waals surface area contributed by atoms with Crippen molar-refractivity contribution in [3.05, 3.63) is 11.8 Å². The van der Waals surface area contributed by atoms with Gasteiger partial charge in [0.1, 0.15) is 0 Å². The van der Waals surface area contributed by atoms with E-state index in [-0.39, 0.29) is 0 Å². The van der Waals surface area contributed by atoms with Crippen LogP contribution >= 0.6 is 0 Å². The zero-order chi connectivity index (χ0) is 6.41. The summed E-state index contributed by atoms with van der Waals surface area (Å²) in [5.74, 6) is 0. The van der Waals surface area contributed by atoms with Crippen LogP contribution in [0.3, 0.4) is 0 Å². The van der Waals surface area contributed by atoms with Crippen LogP contribution in [0.4, 0.5) is 0 Å². The molecule has 0 aromatic carbocycles. The Bertz CT molecular complexity index is 95.8. The fraction of sp³-hybridized carbons (Fsp3) is 0.400. The van der Waals surface area contributed by atoms with Gasteiger partial charge >= 0.3 is 0 Å². The lowest BCUT2D eigenvalue weighted by molar-refractivity contribution is 0.982. The second kappa shape index (κ2) is 4.33. The van der Waals surface area contributed by atoms with Gasteiger partial charge in [0.25, 0.3) is 0 Å². The first kappa shape index (κ1) is 7.17. The second-order valence-corrected chi connectivity index (χ2v) is 1.42. The van der Waals surface area contributed by atoms with Gasteiger partial charge in [0.15, 0.2) is 0 Å². The maximum Gasteiger partial charge on any atom is 0.0224 e. The smallest absolute Gasteiger partial charge is 0.0224 e. The van der Waals surface area contributed by atoms with Crippen LogP contribution in [0.15, 0.2) is 11.8 Å². The van der Waals surface area contributed by atoms with Crippen LogP contribution in [0.5, 0.6) is 0 Å². The highest BCUT2D eigenvalue weighted by Gasteiger charge is 1.85. The van der Waals surface area contributed by atoms with E-state index in [0.717, 1.165) is 5.57 Å². The molecule has 0 saturated heterocycles. The van der Waals surface area contributed by atoms with Crippen molar-refractivity contribution in [2.75, 3.05) is 6.54 Å². The Balaban J connectivity index is 3.54. The maximum atomic E-state index is 6.73. The average molecular weight is 113 g/mol. The molecule has 0 aromatic rings. The van der Waals surface area contributed by atoms with Crippen molar-refractivity contribution in [1.29, 1.82) is 5.41 Å². The van der Waals surface area contributed by atoms with Crippen LogP contribution in [0, 0.1) is 5.41 Å². The molecule has 8 heavy (non-hydrogen) atoms. The van der Waals surface area contributed by atoms with Crippen molar-refractivity contribution in [2.45, 2.75) is 6.42 Å². The van der Waals surface area contributed by atoms with Crippen LogP contribution in [0.1, 0.15) is 6.42 Å². The Hall–Kier alpha value is -0.830. The Morgan fingerprint density at radius 1 is 1.62 bits per heavy atom. The predicted molar refractivity (Wildman–Crippen MR) is 34.7 cm³/mol. The van der Waals surface area contributed by atoms with Crippen LogP contribution in [0.2, 0.25) is 0 Å². The molecule has 0 rings (SSSR count). The Kier molecular flexibility index (Phi) is 3.88. The summed E-state index contributed by atoms with van der Waals surface area (Å²) in [4.78, 5) is 0. The third-order valence-electron chi connectivity index (χ3n) is 0.832. The molecule has 0 atom stereocenters. The van der Waals surface area contributed by atoms with Crippen LogP contribution in [-0.2, 0) is 0 Å². The molecule has 5 N–H and O–H groups in total. The molecule has 3 heteroatoms. The average Bonchev–Trinajstić information content (AvgIpc) is 1.83. The molecule has 0 aromatic heterocycles. The first-order valence-corrected chi connectivity index (χ1v) is 2.46. The van der Waals surface area contributed by atoms with E-state index >= 15 is 0 Å². The number of hydrogen-bond donors (Lipinski definition) is 3. The predicted octanol–water partition coefficient (Wildman–Crippen LogP) is -0.173. The minimum Gasteiger partial charge on any atom is -0.404 e. The molecular weight excluding hydrogens is 102 g/mol. The standard InChI is InChI=1S/C5H11N3/c6-2-1-5(3-7)4-8/h3-4,7H,1-2,6,8H2/b5-4-,7-3?. The topological polar surface area (TPSA) is 75.9 Å². The highest BCUT2D eigenvalue weighted by molar-refractivity contribution is 5.75. The molecule has 0 aliphatic carbocycles. The van der Waals surface area contributed by atoms with Gasteiger partial charge in [-0.15, -0.1) is 0 Å². The first-order valence-electron chi connectivity index (χ1n) is 2.46. The molecule has 0 fully saturated rings. The van der Waals surface area contributed by atoms with E-state index in [0.29, 0.717) is 13.0 Å². The summed E-state index contributed by atoms with van der Waals surface area (Å²) < 4.78 is 0. The second-order valence-electron chi connectivity index (χ2n) is 1.42. The third-order valence-corrected chi connectivity index (χ3v) is 0.832. The summed E-state index contributed by atoms with van der Waals surface area (Å²) in [5, 5.41) is 6.73. The molecule has 0 saturated carbocycles. The molecule has 0 unspecified atom stereocenters. The number of hydrogen-bond acceptors (Lipinski definition) is 3. The lowest BCUT2D eigenvalue weighted by Crippen LogP contribution is -2.02. The molecule has 46 valence electrons. The molecule has 0 amide bonds. The zero-order valence-electron chi connectivity index (χ0n) is 4.72. The third kappa shape index (κ3) is 2.36. The summed E-state index contributed by atoms with van der Waals surface area (Å²) in [6.07, 6.45) is 3.31. The molecule has 3 nitrogen and oxygen atoms in total. The van der Waals surface area contributed by atoms with E-state index < -0.39 is 0 Å². The molecular formula is C5H11N3. The van der Waals surface area contributed by atoms with E-state index in [1.807, 2.05) is 0 Å². The van der Waals surface area contributed by atoms with Gasteiger partial charge in [0.05, 0.1) is 0 Å². The minimum absolute atomic E-state index is 0.554. The molecule has 0 spiro atoms. The summed E-state index contributed by atoms with van der Waals surface area (Å²) >= 11 is 0. The van der Waals surface area contributed by atoms with E-state index in [4.69, 9.17) is 16.9 Å². The van der Waals surface area contributed by atoms with Gasteiger partial charge in [-0.25, -0.2) is 0 Å². The van der Waals surface area contributed by atoms with Crippen molar-refractivity contribution in [3.8, 4) is 0 Å². The molecule has 0 radical (unpaired) electrons. The van der Waals surface area contributed by atoms with E-state index in [2.05, 4.69) is 0 Å². The zero-order valence-corrected chi connectivity index (χ0v) is 4.72. The SMILES string of the molecule is N=C/C(=C\N)CCN. The normalized spacial score (nSPS) is 11.4. The summed E-state index contributed by atoms with van der Waals surface area (Å²) in [7, 11) is 0. The largest absolute Gasteiger partial charge is 0.404 e. The van der Waals surface area contributed by atoms with Gasteiger partial charge in [-0.05, 0) is 24.7 Å². The van der Waals surface area contributed by atoms with E-state index in [1.54, 1.807) is 0 Å². The van der Waals surface area contributed by atoms with E-state index in [9.17, 15) is 0 Å². The Labute approximate surface area is 48.9 Å². The molecule has 0 aliphatic rings. The maximum absolute atomic E-state index is 6.73. The fourth-order valence-electron chi connectivity index (χ4n) is 0.370. The lowest BCUT2D eigenvalue weighted by Gasteiger charge is -1.92. The van der Waals surface area contributed by atoms with Crippen LogP contribution in [-0.4, -0.2) is 12.8 Å². The molecule has 0 bridgehead atoms. The van der Waals surface area contributed by atoms with Crippen LogP contribution in [0.25, 0.3) is 0 Å². The van der Waals surface area contributed by atoms with Gasteiger partial charge in [-0.3, -0.25) is 0 Å². The number of rotatable bonds is 3. The Morgan fingerprint density at radius 3 is 2.38 bits per heavy atom. The Morgan fingerprint density at radius 2 is 2.25 bits per heavy atom. The van der Waals surface area contributed by atoms with Gasteiger partial charge in [0.2, 0.25) is 0 Å². The number of nitrogens with two attached hydrogens (primary N) is 2. The van der Waals surface area contributed by atoms with Gasteiger partial charge in [-0.2, -0.15) is 0 Å². The number of nitrogens with one attached hydrogen (secondary N) is 1.